The molecule has 0 fully saturated rings. The number of fused-ring (bicyclic) bond motifs is 1. The Bertz CT molecular complexity index is 613. The summed E-state index contributed by atoms with van der Waals surface area (Å²) >= 11 is 0. The Balaban J connectivity index is 1.82. The topological polar surface area (TPSA) is 25.0 Å². The van der Waals surface area contributed by atoms with Gasteiger partial charge in [-0.1, -0.05) is 36.4 Å². The van der Waals surface area contributed by atoms with E-state index in [0.717, 1.165) is 11.4 Å². The van der Waals surface area contributed by atoms with Crippen LogP contribution in [0, 0.1) is 6.07 Å². The third-order valence-electron chi connectivity index (χ3n) is 2.76. The molecular formula is C15H12NO. The lowest BCUT2D eigenvalue weighted by Crippen LogP contribution is -1.95. The third-order valence-corrected chi connectivity index (χ3v) is 2.76. The summed E-state index contributed by atoms with van der Waals surface area (Å²) in [5.74, 6) is 0.863. The molecule has 1 N–H and O–H groups in total. The lowest BCUT2D eigenvalue weighted by atomic mass is 10.2. The van der Waals surface area contributed by atoms with Crippen LogP contribution in [-0.2, 0) is 6.61 Å². The highest BCUT2D eigenvalue weighted by Gasteiger charge is 2.03. The molecule has 0 aliphatic carbocycles. The van der Waals surface area contributed by atoms with Crippen molar-refractivity contribution >= 4 is 10.8 Å². The van der Waals surface area contributed by atoms with Crippen molar-refractivity contribution in [3.05, 3.63) is 66.5 Å². The van der Waals surface area contributed by atoms with Crippen LogP contribution in [0.3, 0.4) is 0 Å². The minimum Gasteiger partial charge on any atom is -0.487 e. The van der Waals surface area contributed by atoms with Crippen molar-refractivity contribution in [1.82, 2.24) is 4.98 Å². The molecular weight excluding hydrogens is 210 g/mol. The molecule has 83 valence electrons. The summed E-state index contributed by atoms with van der Waals surface area (Å²) in [5, 5.41) is 2.43. The molecule has 1 heterocycles. The standard InChI is InChI=1S/C15H12NO/c1-2-7-13(8-3-1)17-11-15-14-9-5-4-6-12(14)10-16-15/h2-10,16H,11H2. The van der Waals surface area contributed by atoms with E-state index in [1.807, 2.05) is 42.6 Å². The van der Waals surface area contributed by atoms with Crippen molar-refractivity contribution in [2.45, 2.75) is 6.61 Å². The van der Waals surface area contributed by atoms with Crippen LogP contribution >= 0.6 is 0 Å². The second-order valence-electron chi connectivity index (χ2n) is 3.88. The Morgan fingerprint density at radius 1 is 1.06 bits per heavy atom. The van der Waals surface area contributed by atoms with E-state index < -0.39 is 0 Å². The molecule has 3 aromatic rings. The summed E-state index contributed by atoms with van der Waals surface area (Å²) < 4.78 is 5.71. The summed E-state index contributed by atoms with van der Waals surface area (Å²) in [7, 11) is 0. The maximum atomic E-state index is 5.71. The molecule has 0 spiro atoms. The van der Waals surface area contributed by atoms with Crippen molar-refractivity contribution in [2.75, 3.05) is 0 Å². The number of hydrogen-bond acceptors (Lipinski definition) is 1. The van der Waals surface area contributed by atoms with Gasteiger partial charge in [0.05, 0.1) is 5.69 Å². The van der Waals surface area contributed by atoms with Crippen LogP contribution in [0.1, 0.15) is 5.69 Å². The van der Waals surface area contributed by atoms with E-state index in [1.165, 1.54) is 10.8 Å². The van der Waals surface area contributed by atoms with Crippen LogP contribution in [0.5, 0.6) is 5.75 Å². The van der Waals surface area contributed by atoms with Gasteiger partial charge < -0.3 is 9.72 Å². The number of aromatic nitrogens is 1. The summed E-state index contributed by atoms with van der Waals surface area (Å²) in [6.07, 6.45) is 2.01. The van der Waals surface area contributed by atoms with Gasteiger partial charge in [-0.05, 0) is 23.6 Å². The summed E-state index contributed by atoms with van der Waals surface area (Å²) in [4.78, 5) is 3.25. The number of rotatable bonds is 3. The highest BCUT2D eigenvalue weighted by atomic mass is 16.5. The van der Waals surface area contributed by atoms with E-state index in [9.17, 15) is 0 Å². The van der Waals surface area contributed by atoms with Crippen LogP contribution in [-0.4, -0.2) is 4.98 Å². The monoisotopic (exact) mass is 222 g/mol. The zero-order chi connectivity index (χ0) is 11.5. The van der Waals surface area contributed by atoms with Crippen molar-refractivity contribution in [3.63, 3.8) is 0 Å². The average molecular weight is 222 g/mol. The number of hydrogen-bond donors (Lipinski definition) is 1. The molecule has 1 aromatic heterocycles. The van der Waals surface area contributed by atoms with E-state index in [-0.39, 0.29) is 0 Å². The molecule has 2 nitrogen and oxygen atoms in total. The largest absolute Gasteiger partial charge is 0.487 e. The van der Waals surface area contributed by atoms with Gasteiger partial charge in [-0.15, -0.1) is 0 Å². The van der Waals surface area contributed by atoms with Gasteiger partial charge in [0.15, 0.2) is 0 Å². The zero-order valence-corrected chi connectivity index (χ0v) is 9.31. The minimum atomic E-state index is 0.553. The predicted molar refractivity (Wildman–Crippen MR) is 67.9 cm³/mol. The minimum absolute atomic E-state index is 0.553. The predicted octanol–water partition coefficient (Wildman–Crippen LogP) is 3.55. The van der Waals surface area contributed by atoms with Crippen LogP contribution in [0.15, 0.2) is 54.7 Å². The van der Waals surface area contributed by atoms with E-state index in [1.54, 1.807) is 0 Å². The van der Waals surface area contributed by atoms with Crippen molar-refractivity contribution in [2.24, 2.45) is 0 Å². The van der Waals surface area contributed by atoms with Gasteiger partial charge in [0.2, 0.25) is 0 Å². The molecule has 0 atom stereocenters. The number of aromatic amines is 1. The Labute approximate surface area is 99.9 Å². The summed E-state index contributed by atoms with van der Waals surface area (Å²) in [6, 6.07) is 18.7. The van der Waals surface area contributed by atoms with Crippen molar-refractivity contribution in [3.8, 4) is 5.75 Å². The van der Waals surface area contributed by atoms with E-state index in [0.29, 0.717) is 6.61 Å². The van der Waals surface area contributed by atoms with Gasteiger partial charge in [-0.25, -0.2) is 0 Å². The lowest BCUT2D eigenvalue weighted by molar-refractivity contribution is 0.303. The van der Waals surface area contributed by atoms with Gasteiger partial charge in [0, 0.05) is 11.6 Å². The fourth-order valence-electron chi connectivity index (χ4n) is 1.88. The Morgan fingerprint density at radius 2 is 1.88 bits per heavy atom. The van der Waals surface area contributed by atoms with Crippen LogP contribution in [0.2, 0.25) is 0 Å². The van der Waals surface area contributed by atoms with Crippen molar-refractivity contribution < 1.29 is 4.74 Å². The number of benzene rings is 2. The molecule has 0 saturated heterocycles. The second kappa shape index (κ2) is 4.34. The maximum Gasteiger partial charge on any atom is 0.129 e. The smallest absolute Gasteiger partial charge is 0.129 e. The Morgan fingerprint density at radius 3 is 2.76 bits per heavy atom. The van der Waals surface area contributed by atoms with Gasteiger partial charge in [-0.3, -0.25) is 0 Å². The summed E-state index contributed by atoms with van der Waals surface area (Å²) in [5.41, 5.74) is 1.11. The molecule has 1 radical (unpaired) electrons. The SMILES string of the molecule is [c]1ccc(OCc2[nH]cc3ccccc23)cc1. The van der Waals surface area contributed by atoms with Crippen LogP contribution < -0.4 is 4.74 Å². The zero-order valence-electron chi connectivity index (χ0n) is 9.31. The maximum absolute atomic E-state index is 5.71. The fourth-order valence-corrected chi connectivity index (χ4v) is 1.88. The molecule has 0 amide bonds. The first-order valence-electron chi connectivity index (χ1n) is 5.57. The molecule has 2 heteroatoms. The number of ether oxygens (including phenoxy) is 1. The summed E-state index contributed by atoms with van der Waals surface area (Å²) in [6.45, 7) is 0.553. The first-order valence-corrected chi connectivity index (χ1v) is 5.57. The number of nitrogens with one attached hydrogen (secondary N) is 1. The second-order valence-corrected chi connectivity index (χ2v) is 3.88. The Hall–Kier alpha value is -2.22. The van der Waals surface area contributed by atoms with Crippen molar-refractivity contribution in [1.29, 1.82) is 0 Å². The van der Waals surface area contributed by atoms with E-state index in [4.69, 9.17) is 4.74 Å². The van der Waals surface area contributed by atoms with Gasteiger partial charge in [0.1, 0.15) is 12.4 Å². The Kier molecular flexibility index (Phi) is 2.54. The van der Waals surface area contributed by atoms with Crippen LogP contribution in [0.25, 0.3) is 10.8 Å². The molecule has 0 bridgehead atoms. The lowest BCUT2D eigenvalue weighted by Gasteiger charge is -2.04. The van der Waals surface area contributed by atoms with Gasteiger partial charge >= 0.3 is 0 Å². The fraction of sp³-hybridized carbons (Fsp3) is 0.0667. The van der Waals surface area contributed by atoms with Crippen LogP contribution in [0.4, 0.5) is 0 Å². The molecule has 0 unspecified atom stereocenters. The van der Waals surface area contributed by atoms with E-state index >= 15 is 0 Å². The molecule has 3 rings (SSSR count). The molecule has 0 aliphatic rings. The molecule has 0 saturated carbocycles. The van der Waals surface area contributed by atoms with Gasteiger partial charge in [-0.2, -0.15) is 0 Å². The molecule has 2 aromatic carbocycles. The highest BCUT2D eigenvalue weighted by molar-refractivity contribution is 5.84. The highest BCUT2D eigenvalue weighted by Crippen LogP contribution is 2.19. The van der Waals surface area contributed by atoms with E-state index in [2.05, 4.69) is 23.2 Å². The molecule has 0 aliphatic heterocycles. The quantitative estimate of drug-likeness (QED) is 0.720. The molecule has 17 heavy (non-hydrogen) atoms. The normalized spacial score (nSPS) is 10.6. The number of H-pyrrole nitrogens is 1. The van der Waals surface area contributed by atoms with Gasteiger partial charge in [0.25, 0.3) is 0 Å². The first-order chi connectivity index (χ1) is 8.43. The first kappa shape index (κ1) is 9.97. The average Bonchev–Trinajstić information content (AvgIpc) is 2.81. The third kappa shape index (κ3) is 2.02.